The third kappa shape index (κ3) is 4.47. The zero-order valence-electron chi connectivity index (χ0n) is 14.0. The molecule has 2 rings (SSSR count). The second-order valence-corrected chi connectivity index (χ2v) is 7.22. The van der Waals surface area contributed by atoms with E-state index >= 15 is 0 Å². The van der Waals surface area contributed by atoms with Crippen molar-refractivity contribution in [3.05, 3.63) is 35.9 Å². The number of likely N-dealkylation sites (tertiary alicyclic amines) is 1. The van der Waals surface area contributed by atoms with Gasteiger partial charge < -0.3 is 14.7 Å². The quantitative estimate of drug-likeness (QED) is 0.927. The summed E-state index contributed by atoms with van der Waals surface area (Å²) >= 11 is 0. The standard InChI is InChI=1S/C18H25NO4/c1-17(2,3)23-16(22)19-11-7-10-18(13-19,12-15(20)21)14-8-5-4-6-9-14/h4-6,8-9H,7,10-13H2,1-3H3,(H,20,21). The largest absolute Gasteiger partial charge is 0.481 e. The smallest absolute Gasteiger partial charge is 0.410 e. The molecule has 126 valence electrons. The zero-order chi connectivity index (χ0) is 17.1. The molecule has 1 amide bonds. The number of benzene rings is 1. The number of carboxylic acid groups (broad SMARTS) is 1. The topological polar surface area (TPSA) is 66.8 Å². The van der Waals surface area contributed by atoms with Crippen LogP contribution in [-0.2, 0) is 14.9 Å². The molecule has 1 N–H and O–H groups in total. The van der Waals surface area contributed by atoms with Crippen molar-refractivity contribution in [2.45, 2.75) is 51.0 Å². The summed E-state index contributed by atoms with van der Waals surface area (Å²) in [5.41, 5.74) is -0.144. The number of aliphatic carboxylic acids is 1. The molecule has 1 saturated heterocycles. The SMILES string of the molecule is CC(C)(C)OC(=O)N1CCCC(CC(=O)O)(c2ccccc2)C1. The first-order chi connectivity index (χ1) is 10.7. The lowest BCUT2D eigenvalue weighted by Gasteiger charge is -2.42. The van der Waals surface area contributed by atoms with Crippen molar-refractivity contribution in [2.24, 2.45) is 0 Å². The maximum Gasteiger partial charge on any atom is 0.410 e. The maximum absolute atomic E-state index is 12.4. The van der Waals surface area contributed by atoms with Gasteiger partial charge in [-0.1, -0.05) is 30.3 Å². The third-order valence-electron chi connectivity index (χ3n) is 4.10. The molecule has 0 saturated carbocycles. The predicted molar refractivity (Wildman–Crippen MR) is 87.4 cm³/mol. The minimum atomic E-state index is -0.847. The second kappa shape index (κ2) is 6.60. The fourth-order valence-electron chi connectivity index (χ4n) is 3.18. The molecule has 1 fully saturated rings. The van der Waals surface area contributed by atoms with Crippen molar-refractivity contribution in [2.75, 3.05) is 13.1 Å². The van der Waals surface area contributed by atoms with E-state index in [1.165, 1.54) is 0 Å². The molecule has 0 aromatic heterocycles. The van der Waals surface area contributed by atoms with Crippen molar-refractivity contribution in [3.8, 4) is 0 Å². The minimum absolute atomic E-state index is 0.0102. The van der Waals surface area contributed by atoms with Gasteiger partial charge in [-0.3, -0.25) is 4.79 Å². The highest BCUT2D eigenvalue weighted by molar-refractivity contribution is 5.71. The zero-order valence-corrected chi connectivity index (χ0v) is 14.0. The molecule has 0 radical (unpaired) electrons. The molecule has 0 aliphatic carbocycles. The Morgan fingerprint density at radius 2 is 1.91 bits per heavy atom. The normalized spacial score (nSPS) is 21.8. The monoisotopic (exact) mass is 319 g/mol. The molecule has 1 atom stereocenters. The fourth-order valence-corrected chi connectivity index (χ4v) is 3.18. The van der Waals surface area contributed by atoms with Crippen molar-refractivity contribution in [1.29, 1.82) is 0 Å². The van der Waals surface area contributed by atoms with Crippen molar-refractivity contribution in [3.63, 3.8) is 0 Å². The number of piperidine rings is 1. The van der Waals surface area contributed by atoms with Gasteiger partial charge in [-0.05, 0) is 39.2 Å². The van der Waals surface area contributed by atoms with E-state index in [9.17, 15) is 14.7 Å². The van der Waals surface area contributed by atoms with Crippen molar-refractivity contribution in [1.82, 2.24) is 4.90 Å². The average molecular weight is 319 g/mol. The van der Waals surface area contributed by atoms with E-state index in [0.29, 0.717) is 13.1 Å². The first-order valence-corrected chi connectivity index (χ1v) is 7.97. The lowest BCUT2D eigenvalue weighted by atomic mass is 9.72. The molecule has 1 aliphatic rings. The number of hydrogen-bond donors (Lipinski definition) is 1. The van der Waals surface area contributed by atoms with E-state index < -0.39 is 17.0 Å². The Bertz CT molecular complexity index is 564. The first kappa shape index (κ1) is 17.3. The van der Waals surface area contributed by atoms with Gasteiger partial charge in [0.1, 0.15) is 5.60 Å². The summed E-state index contributed by atoms with van der Waals surface area (Å²) in [5.74, 6) is -0.847. The van der Waals surface area contributed by atoms with Crippen LogP contribution in [0.15, 0.2) is 30.3 Å². The van der Waals surface area contributed by atoms with Gasteiger partial charge in [0.05, 0.1) is 6.42 Å². The Morgan fingerprint density at radius 3 is 2.48 bits per heavy atom. The van der Waals surface area contributed by atoms with Crippen LogP contribution in [0.2, 0.25) is 0 Å². The van der Waals surface area contributed by atoms with E-state index in [1.807, 2.05) is 51.1 Å². The number of carbonyl (C=O) groups excluding carboxylic acids is 1. The van der Waals surface area contributed by atoms with Crippen LogP contribution >= 0.6 is 0 Å². The van der Waals surface area contributed by atoms with Crippen molar-refractivity contribution >= 4 is 12.1 Å². The molecular formula is C18H25NO4. The summed E-state index contributed by atoms with van der Waals surface area (Å²) in [6.45, 7) is 6.46. The van der Waals surface area contributed by atoms with Gasteiger partial charge in [-0.15, -0.1) is 0 Å². The molecular weight excluding hydrogens is 294 g/mol. The van der Waals surface area contributed by atoms with Gasteiger partial charge in [-0.25, -0.2) is 4.79 Å². The average Bonchev–Trinajstić information content (AvgIpc) is 2.46. The van der Waals surface area contributed by atoms with Crippen molar-refractivity contribution < 1.29 is 19.4 Å². The molecule has 1 heterocycles. The maximum atomic E-state index is 12.4. The summed E-state index contributed by atoms with van der Waals surface area (Å²) in [6.07, 6.45) is 1.16. The van der Waals surface area contributed by atoms with Gasteiger partial charge in [-0.2, -0.15) is 0 Å². The molecule has 1 unspecified atom stereocenters. The summed E-state index contributed by atoms with van der Waals surface area (Å²) < 4.78 is 5.45. The van der Waals surface area contributed by atoms with Gasteiger partial charge in [0.25, 0.3) is 0 Å². The van der Waals surface area contributed by atoms with Crippen LogP contribution in [-0.4, -0.2) is 40.8 Å². The Kier molecular flexibility index (Phi) is 4.97. The Labute approximate surface area is 137 Å². The van der Waals surface area contributed by atoms with Crippen LogP contribution in [0.4, 0.5) is 4.79 Å². The van der Waals surface area contributed by atoms with Crippen LogP contribution in [0.3, 0.4) is 0 Å². The number of rotatable bonds is 3. The summed E-state index contributed by atoms with van der Waals surface area (Å²) in [7, 11) is 0. The number of carbonyl (C=O) groups is 2. The van der Waals surface area contributed by atoms with Gasteiger partial charge >= 0.3 is 12.1 Å². The molecule has 23 heavy (non-hydrogen) atoms. The van der Waals surface area contributed by atoms with E-state index in [0.717, 1.165) is 18.4 Å². The van der Waals surface area contributed by atoms with E-state index in [2.05, 4.69) is 0 Å². The molecule has 5 nitrogen and oxygen atoms in total. The minimum Gasteiger partial charge on any atom is -0.481 e. The van der Waals surface area contributed by atoms with Gasteiger partial charge in [0.15, 0.2) is 0 Å². The van der Waals surface area contributed by atoms with Crippen LogP contribution in [0.1, 0.15) is 45.6 Å². The van der Waals surface area contributed by atoms with E-state index in [4.69, 9.17) is 4.74 Å². The summed E-state index contributed by atoms with van der Waals surface area (Å²) in [5, 5.41) is 9.37. The van der Waals surface area contributed by atoms with Crippen LogP contribution in [0, 0.1) is 0 Å². The molecule has 1 aromatic carbocycles. The molecule has 5 heteroatoms. The lowest BCUT2D eigenvalue weighted by Crippen LogP contribution is -2.50. The highest BCUT2D eigenvalue weighted by Crippen LogP contribution is 2.37. The number of amides is 1. The van der Waals surface area contributed by atoms with E-state index in [1.54, 1.807) is 4.90 Å². The number of ether oxygens (including phenoxy) is 1. The van der Waals surface area contributed by atoms with Gasteiger partial charge in [0, 0.05) is 18.5 Å². The van der Waals surface area contributed by atoms with Gasteiger partial charge in [0.2, 0.25) is 0 Å². The fraction of sp³-hybridized carbons (Fsp3) is 0.556. The molecule has 0 spiro atoms. The molecule has 1 aliphatic heterocycles. The first-order valence-electron chi connectivity index (χ1n) is 7.97. The molecule has 0 bridgehead atoms. The predicted octanol–water partition coefficient (Wildman–Crippen LogP) is 3.43. The Hall–Kier alpha value is -2.04. The van der Waals surface area contributed by atoms with Crippen LogP contribution in [0.25, 0.3) is 0 Å². The molecule has 1 aromatic rings. The number of nitrogens with zero attached hydrogens (tertiary/aromatic N) is 1. The summed E-state index contributed by atoms with van der Waals surface area (Å²) in [6, 6.07) is 9.62. The number of carboxylic acids is 1. The lowest BCUT2D eigenvalue weighted by molar-refractivity contribution is -0.139. The third-order valence-corrected chi connectivity index (χ3v) is 4.10. The second-order valence-electron chi connectivity index (χ2n) is 7.22. The summed E-state index contributed by atoms with van der Waals surface area (Å²) in [4.78, 5) is 25.4. The van der Waals surface area contributed by atoms with E-state index in [-0.39, 0.29) is 12.5 Å². The highest BCUT2D eigenvalue weighted by atomic mass is 16.6. The highest BCUT2D eigenvalue weighted by Gasteiger charge is 2.41. The van der Waals surface area contributed by atoms with Crippen LogP contribution < -0.4 is 0 Å². The Morgan fingerprint density at radius 1 is 1.26 bits per heavy atom. The van der Waals surface area contributed by atoms with Crippen LogP contribution in [0.5, 0.6) is 0 Å². The Balaban J connectivity index is 2.26. The number of hydrogen-bond acceptors (Lipinski definition) is 3.